The molecule has 0 amide bonds. The molecule has 0 bridgehead atoms. The highest BCUT2D eigenvalue weighted by Gasteiger charge is 1.99. The van der Waals surface area contributed by atoms with Gasteiger partial charge in [0.05, 0.1) is 5.66 Å². The molecule has 0 aliphatic carbocycles. The first-order valence-electron chi connectivity index (χ1n) is 1.63. The SMILES string of the molecule is CC(P)C(=O)O. The topological polar surface area (TPSA) is 37.3 Å². The molecule has 2 atom stereocenters. The summed E-state index contributed by atoms with van der Waals surface area (Å²) >= 11 is 0. The first-order valence-corrected chi connectivity index (χ1v) is 2.29. The van der Waals surface area contributed by atoms with Gasteiger partial charge in [0, 0.05) is 0 Å². The largest absolute Gasteiger partial charge is 0.481 e. The van der Waals surface area contributed by atoms with Gasteiger partial charge in [-0.05, 0) is 6.92 Å². The predicted molar refractivity (Wildman–Crippen MR) is 26.8 cm³/mol. The molecule has 0 spiro atoms. The molecule has 0 radical (unpaired) electrons. The third kappa shape index (κ3) is 2.16. The molecule has 0 saturated carbocycles. The summed E-state index contributed by atoms with van der Waals surface area (Å²) in [5.74, 6) is -0.778. The lowest BCUT2D eigenvalue weighted by atomic mass is 10.5. The molecule has 36 valence electrons. The van der Waals surface area contributed by atoms with Crippen molar-refractivity contribution in [3.63, 3.8) is 0 Å². The Balaban J connectivity index is 3.26. The Labute approximate surface area is 38.8 Å². The summed E-state index contributed by atoms with van der Waals surface area (Å²) < 4.78 is 0. The lowest BCUT2D eigenvalue weighted by Gasteiger charge is -1.89. The van der Waals surface area contributed by atoms with Gasteiger partial charge >= 0.3 is 5.97 Å². The van der Waals surface area contributed by atoms with Crippen LogP contribution in [-0.4, -0.2) is 16.7 Å². The number of carbonyl (C=O) groups is 1. The van der Waals surface area contributed by atoms with E-state index in [-0.39, 0.29) is 5.66 Å². The highest BCUT2D eigenvalue weighted by atomic mass is 31.0. The average molecular weight is 106 g/mol. The van der Waals surface area contributed by atoms with E-state index in [2.05, 4.69) is 9.24 Å². The second-order valence-electron chi connectivity index (χ2n) is 1.13. The number of rotatable bonds is 1. The van der Waals surface area contributed by atoms with Gasteiger partial charge in [-0.3, -0.25) is 4.79 Å². The summed E-state index contributed by atoms with van der Waals surface area (Å²) in [4.78, 5) is 9.68. The molecule has 0 aliphatic rings. The number of hydrogen-bond acceptors (Lipinski definition) is 1. The lowest BCUT2D eigenvalue weighted by Crippen LogP contribution is -2.06. The summed E-state index contributed by atoms with van der Waals surface area (Å²) in [6.45, 7) is 1.60. The van der Waals surface area contributed by atoms with Crippen LogP contribution in [0.25, 0.3) is 0 Å². The second kappa shape index (κ2) is 2.14. The average Bonchev–Trinajstić information content (AvgIpc) is 1.36. The summed E-state index contributed by atoms with van der Waals surface area (Å²) in [5, 5.41) is 7.97. The maximum atomic E-state index is 9.68. The standard InChI is InChI=1S/C3H7O2P/c1-2(6)3(4)5/h2H,6H2,1H3,(H,4,5). The van der Waals surface area contributed by atoms with Crippen LogP contribution in [0.3, 0.4) is 0 Å². The molecule has 2 nitrogen and oxygen atoms in total. The third-order valence-electron chi connectivity index (χ3n) is 0.390. The lowest BCUT2D eigenvalue weighted by molar-refractivity contribution is -0.136. The van der Waals surface area contributed by atoms with E-state index in [0.29, 0.717) is 0 Å². The fourth-order valence-corrected chi connectivity index (χ4v) is 0. The minimum Gasteiger partial charge on any atom is -0.481 e. The minimum absolute atomic E-state index is 0.315. The third-order valence-corrected chi connectivity index (χ3v) is 0.675. The van der Waals surface area contributed by atoms with E-state index in [4.69, 9.17) is 5.11 Å². The Hall–Kier alpha value is -0.100. The molecule has 0 heterocycles. The van der Waals surface area contributed by atoms with Gasteiger partial charge in [-0.25, -0.2) is 0 Å². The van der Waals surface area contributed by atoms with E-state index in [0.717, 1.165) is 0 Å². The van der Waals surface area contributed by atoms with Gasteiger partial charge in [-0.1, -0.05) is 0 Å². The molecule has 0 aromatic heterocycles. The van der Waals surface area contributed by atoms with Crippen molar-refractivity contribution >= 4 is 15.2 Å². The Morgan fingerprint density at radius 1 is 2.00 bits per heavy atom. The Kier molecular flexibility index (Phi) is 2.11. The molecule has 2 unspecified atom stereocenters. The molecule has 1 N–H and O–H groups in total. The molecular weight excluding hydrogens is 99.0 g/mol. The van der Waals surface area contributed by atoms with Crippen LogP contribution in [0.5, 0.6) is 0 Å². The second-order valence-corrected chi connectivity index (χ2v) is 2.13. The van der Waals surface area contributed by atoms with E-state index < -0.39 is 5.97 Å². The van der Waals surface area contributed by atoms with Gasteiger partial charge in [0.2, 0.25) is 0 Å². The zero-order valence-corrected chi connectivity index (χ0v) is 4.66. The Morgan fingerprint density at radius 2 is 2.17 bits per heavy atom. The number of carboxylic acid groups (broad SMARTS) is 1. The first-order chi connectivity index (χ1) is 2.64. The fraction of sp³-hybridized carbons (Fsp3) is 0.667. The number of carboxylic acids is 1. The van der Waals surface area contributed by atoms with E-state index >= 15 is 0 Å². The summed E-state index contributed by atoms with van der Waals surface area (Å²) in [6.07, 6.45) is 0. The summed E-state index contributed by atoms with van der Waals surface area (Å²) in [6, 6.07) is 0. The molecule has 6 heavy (non-hydrogen) atoms. The molecule has 0 aliphatic heterocycles. The Bertz CT molecular complexity index is 59.8. The normalized spacial score (nSPS) is 13.7. The van der Waals surface area contributed by atoms with Gasteiger partial charge in [-0.15, -0.1) is 9.24 Å². The van der Waals surface area contributed by atoms with Crippen LogP contribution < -0.4 is 0 Å². The molecule has 0 aromatic carbocycles. The van der Waals surface area contributed by atoms with E-state index in [1.54, 1.807) is 6.92 Å². The quantitative estimate of drug-likeness (QED) is 0.489. The molecule has 0 fully saturated rings. The van der Waals surface area contributed by atoms with Gasteiger partial charge in [-0.2, -0.15) is 0 Å². The summed E-state index contributed by atoms with van der Waals surface area (Å²) in [7, 11) is 2.17. The molecule has 0 rings (SSSR count). The number of hydrogen-bond donors (Lipinski definition) is 1. The smallest absolute Gasteiger partial charge is 0.310 e. The van der Waals surface area contributed by atoms with Crippen LogP contribution in [-0.2, 0) is 4.79 Å². The van der Waals surface area contributed by atoms with Crippen molar-refractivity contribution in [2.24, 2.45) is 0 Å². The van der Waals surface area contributed by atoms with Gasteiger partial charge in [0.1, 0.15) is 0 Å². The highest BCUT2D eigenvalue weighted by molar-refractivity contribution is 7.19. The van der Waals surface area contributed by atoms with E-state index in [1.165, 1.54) is 0 Å². The summed E-state index contributed by atoms with van der Waals surface area (Å²) in [5.41, 5.74) is -0.315. The van der Waals surface area contributed by atoms with Gasteiger partial charge < -0.3 is 5.11 Å². The van der Waals surface area contributed by atoms with Crippen molar-refractivity contribution in [2.75, 3.05) is 0 Å². The monoisotopic (exact) mass is 106 g/mol. The van der Waals surface area contributed by atoms with Crippen LogP contribution in [0.1, 0.15) is 6.92 Å². The van der Waals surface area contributed by atoms with Crippen molar-refractivity contribution in [2.45, 2.75) is 12.6 Å². The van der Waals surface area contributed by atoms with Crippen LogP contribution in [0, 0.1) is 0 Å². The Morgan fingerprint density at radius 3 is 2.17 bits per heavy atom. The highest BCUT2D eigenvalue weighted by Crippen LogP contribution is 1.94. The maximum Gasteiger partial charge on any atom is 0.310 e. The molecular formula is C3H7O2P. The van der Waals surface area contributed by atoms with Crippen LogP contribution >= 0.6 is 9.24 Å². The fourth-order valence-electron chi connectivity index (χ4n) is 0. The zero-order chi connectivity index (χ0) is 5.15. The van der Waals surface area contributed by atoms with Crippen LogP contribution in [0.15, 0.2) is 0 Å². The van der Waals surface area contributed by atoms with Crippen molar-refractivity contribution in [3.05, 3.63) is 0 Å². The van der Waals surface area contributed by atoms with E-state index in [9.17, 15) is 4.79 Å². The van der Waals surface area contributed by atoms with Crippen molar-refractivity contribution in [1.82, 2.24) is 0 Å². The van der Waals surface area contributed by atoms with Gasteiger partial charge in [0.25, 0.3) is 0 Å². The van der Waals surface area contributed by atoms with Crippen LogP contribution in [0.4, 0.5) is 0 Å². The molecule has 0 aromatic rings. The zero-order valence-electron chi connectivity index (χ0n) is 3.51. The van der Waals surface area contributed by atoms with E-state index in [1.807, 2.05) is 0 Å². The van der Waals surface area contributed by atoms with Crippen molar-refractivity contribution in [1.29, 1.82) is 0 Å². The van der Waals surface area contributed by atoms with Crippen molar-refractivity contribution < 1.29 is 9.90 Å². The first kappa shape index (κ1) is 5.90. The predicted octanol–water partition coefficient (Wildman–Crippen LogP) is 0.335. The van der Waals surface area contributed by atoms with Crippen molar-refractivity contribution in [3.8, 4) is 0 Å². The molecule has 3 heteroatoms. The maximum absolute atomic E-state index is 9.68. The molecule has 0 saturated heterocycles. The minimum atomic E-state index is -0.778. The van der Waals surface area contributed by atoms with Gasteiger partial charge in [0.15, 0.2) is 0 Å². The number of aliphatic carboxylic acids is 1. The van der Waals surface area contributed by atoms with Crippen LogP contribution in [0.2, 0.25) is 0 Å².